The number of hydrogen-bond acceptors (Lipinski definition) is 6. The second-order valence-corrected chi connectivity index (χ2v) is 7.38. The zero-order chi connectivity index (χ0) is 21.1. The van der Waals surface area contributed by atoms with Crippen LogP contribution in [0.5, 0.6) is 5.88 Å². The van der Waals surface area contributed by atoms with Crippen LogP contribution in [0.25, 0.3) is 5.82 Å². The number of benzene rings is 1. The van der Waals surface area contributed by atoms with Gasteiger partial charge in [0.15, 0.2) is 5.82 Å². The van der Waals surface area contributed by atoms with Crippen LogP contribution >= 0.6 is 11.6 Å². The summed E-state index contributed by atoms with van der Waals surface area (Å²) in [5, 5.41) is 14.3. The number of halogens is 1. The van der Waals surface area contributed by atoms with Crippen molar-refractivity contribution in [2.75, 3.05) is 31.7 Å². The van der Waals surface area contributed by atoms with Crippen LogP contribution < -0.4 is 9.64 Å². The Morgan fingerprint density at radius 3 is 2.90 bits per heavy atom. The van der Waals surface area contributed by atoms with Gasteiger partial charge in [0.25, 0.3) is 0 Å². The molecule has 3 aromatic rings. The van der Waals surface area contributed by atoms with E-state index in [2.05, 4.69) is 15.0 Å². The second-order valence-electron chi connectivity index (χ2n) is 6.94. The molecule has 0 aliphatic carbocycles. The van der Waals surface area contributed by atoms with Gasteiger partial charge >= 0.3 is 5.97 Å². The number of aromatic carboxylic acids is 1. The first-order valence-corrected chi connectivity index (χ1v) is 9.87. The maximum Gasteiger partial charge on any atom is 0.335 e. The van der Waals surface area contributed by atoms with Crippen LogP contribution in [0.2, 0.25) is 5.02 Å². The van der Waals surface area contributed by atoms with E-state index >= 15 is 0 Å². The molecule has 0 spiro atoms. The lowest BCUT2D eigenvalue weighted by molar-refractivity contribution is 0.0696. The van der Waals surface area contributed by atoms with Crippen molar-refractivity contribution >= 4 is 23.3 Å². The van der Waals surface area contributed by atoms with Gasteiger partial charge < -0.3 is 19.5 Å². The van der Waals surface area contributed by atoms with Gasteiger partial charge in [-0.1, -0.05) is 17.7 Å². The first-order chi connectivity index (χ1) is 14.5. The fraction of sp³-hybridized carbons (Fsp3) is 0.286. The smallest absolute Gasteiger partial charge is 0.335 e. The number of carboxylic acids is 1. The highest BCUT2D eigenvalue weighted by molar-refractivity contribution is 6.30. The summed E-state index contributed by atoms with van der Waals surface area (Å²) in [7, 11) is 1.99. The highest BCUT2D eigenvalue weighted by Crippen LogP contribution is 2.28. The molecule has 30 heavy (non-hydrogen) atoms. The van der Waals surface area contributed by atoms with Crippen molar-refractivity contribution < 1.29 is 19.4 Å². The Balaban J connectivity index is 1.72. The first-order valence-electron chi connectivity index (χ1n) is 9.49. The number of nitrogens with zero attached hydrogens (tertiary/aromatic N) is 4. The highest BCUT2D eigenvalue weighted by atomic mass is 35.5. The summed E-state index contributed by atoms with van der Waals surface area (Å²) >= 11 is 6.21. The SMILES string of the molecule is CN1CCOCCc2cnn(-c3cc(C(=O)O)ccn3)c2OCc2ccc(Cl)cc21. The Bertz CT molecular complexity index is 1070. The number of pyridine rings is 1. The number of hydrogen-bond donors (Lipinski definition) is 1. The number of anilines is 1. The van der Waals surface area contributed by atoms with Crippen molar-refractivity contribution in [2.24, 2.45) is 0 Å². The predicted octanol–water partition coefficient (Wildman–Crippen LogP) is 3.21. The van der Waals surface area contributed by atoms with Gasteiger partial charge in [0.1, 0.15) is 6.61 Å². The zero-order valence-electron chi connectivity index (χ0n) is 16.4. The van der Waals surface area contributed by atoms with Crippen molar-refractivity contribution in [3.63, 3.8) is 0 Å². The number of fused-ring (bicyclic) bond motifs is 2. The van der Waals surface area contributed by atoms with Crippen LogP contribution in [-0.2, 0) is 17.8 Å². The van der Waals surface area contributed by atoms with Crippen molar-refractivity contribution in [1.82, 2.24) is 14.8 Å². The molecule has 0 saturated heterocycles. The maximum atomic E-state index is 11.3. The highest BCUT2D eigenvalue weighted by Gasteiger charge is 2.18. The minimum Gasteiger partial charge on any atom is -0.478 e. The third-order valence-electron chi connectivity index (χ3n) is 4.92. The molecule has 1 aliphatic heterocycles. The lowest BCUT2D eigenvalue weighted by Crippen LogP contribution is -2.25. The summed E-state index contributed by atoms with van der Waals surface area (Å²) in [4.78, 5) is 17.7. The van der Waals surface area contributed by atoms with E-state index < -0.39 is 5.97 Å². The van der Waals surface area contributed by atoms with Crippen molar-refractivity contribution in [3.8, 4) is 11.7 Å². The maximum absolute atomic E-state index is 11.3. The van der Waals surface area contributed by atoms with Gasteiger partial charge in [0.05, 0.1) is 25.0 Å². The predicted molar refractivity (Wildman–Crippen MR) is 112 cm³/mol. The molecule has 8 nitrogen and oxygen atoms in total. The molecule has 1 N–H and O–H groups in total. The molecular formula is C21H21ClN4O4. The van der Waals surface area contributed by atoms with Gasteiger partial charge in [0, 0.05) is 48.0 Å². The topological polar surface area (TPSA) is 89.7 Å². The third-order valence-corrected chi connectivity index (χ3v) is 5.15. The summed E-state index contributed by atoms with van der Waals surface area (Å²) in [6.45, 7) is 2.12. The minimum atomic E-state index is -1.03. The number of carboxylic acid groups (broad SMARTS) is 1. The minimum absolute atomic E-state index is 0.127. The molecule has 1 aliphatic rings. The largest absolute Gasteiger partial charge is 0.478 e. The van der Waals surface area contributed by atoms with E-state index in [4.69, 9.17) is 21.1 Å². The van der Waals surface area contributed by atoms with Crippen LogP contribution in [-0.4, -0.2) is 52.6 Å². The second kappa shape index (κ2) is 8.73. The van der Waals surface area contributed by atoms with Gasteiger partial charge in [-0.25, -0.2) is 9.78 Å². The first kappa shape index (κ1) is 20.2. The lowest BCUT2D eigenvalue weighted by Gasteiger charge is -2.24. The molecule has 1 aromatic carbocycles. The average molecular weight is 429 g/mol. The van der Waals surface area contributed by atoms with Gasteiger partial charge in [0.2, 0.25) is 5.88 Å². The van der Waals surface area contributed by atoms with E-state index in [1.54, 1.807) is 6.20 Å². The fourth-order valence-electron chi connectivity index (χ4n) is 3.29. The van der Waals surface area contributed by atoms with Crippen LogP contribution in [0.4, 0.5) is 5.69 Å². The standard InChI is InChI=1S/C21H21ClN4O4/c1-25-7-9-29-8-5-15-12-24-26(19-10-14(21(27)28)4-6-23-19)20(15)30-13-16-2-3-17(22)11-18(16)25/h2-4,6,10-12H,5,7-9,13H2,1H3,(H,27,28). The Kier molecular flexibility index (Phi) is 5.87. The monoisotopic (exact) mass is 428 g/mol. The molecule has 0 atom stereocenters. The van der Waals surface area contributed by atoms with Crippen LogP contribution in [0.3, 0.4) is 0 Å². The number of carbonyl (C=O) groups is 1. The van der Waals surface area contributed by atoms with Gasteiger partial charge in [-0.15, -0.1) is 0 Å². The van der Waals surface area contributed by atoms with Crippen molar-refractivity contribution in [3.05, 3.63) is 64.4 Å². The Hall–Kier alpha value is -3.10. The molecular weight excluding hydrogens is 408 g/mol. The van der Waals surface area contributed by atoms with E-state index in [9.17, 15) is 9.90 Å². The average Bonchev–Trinajstić information content (AvgIpc) is 3.14. The summed E-state index contributed by atoms with van der Waals surface area (Å²) < 4.78 is 13.5. The summed E-state index contributed by atoms with van der Waals surface area (Å²) in [5.74, 6) is -0.145. The van der Waals surface area contributed by atoms with Gasteiger partial charge in [-0.05, 0) is 24.3 Å². The quantitative estimate of drug-likeness (QED) is 0.670. The van der Waals surface area contributed by atoms with E-state index in [-0.39, 0.29) is 5.56 Å². The lowest BCUT2D eigenvalue weighted by atomic mass is 10.1. The molecule has 156 valence electrons. The van der Waals surface area contributed by atoms with Gasteiger partial charge in [-0.2, -0.15) is 9.78 Å². The van der Waals surface area contributed by atoms with E-state index in [0.29, 0.717) is 43.0 Å². The molecule has 0 fully saturated rings. The zero-order valence-corrected chi connectivity index (χ0v) is 17.2. The molecule has 3 heterocycles. The summed E-state index contributed by atoms with van der Waals surface area (Å²) in [6, 6.07) is 8.57. The fourth-order valence-corrected chi connectivity index (χ4v) is 3.46. The molecule has 0 saturated carbocycles. The van der Waals surface area contributed by atoms with E-state index in [1.165, 1.54) is 23.0 Å². The number of ether oxygens (including phenoxy) is 2. The van der Waals surface area contributed by atoms with Crippen LogP contribution in [0.1, 0.15) is 21.5 Å². The molecule has 0 radical (unpaired) electrons. The molecule has 0 amide bonds. The number of rotatable bonds is 2. The molecule has 9 heteroatoms. The molecule has 2 aromatic heterocycles. The Labute approximate surface area is 178 Å². The number of aromatic nitrogens is 3. The Morgan fingerprint density at radius 2 is 2.07 bits per heavy atom. The number of likely N-dealkylation sites (N-methyl/N-ethyl adjacent to an activating group) is 1. The van der Waals surface area contributed by atoms with Crippen LogP contribution in [0.15, 0.2) is 42.7 Å². The van der Waals surface area contributed by atoms with E-state index in [0.717, 1.165) is 23.4 Å². The van der Waals surface area contributed by atoms with Crippen molar-refractivity contribution in [1.29, 1.82) is 0 Å². The normalized spacial score (nSPS) is 14.7. The molecule has 0 bridgehead atoms. The summed E-state index contributed by atoms with van der Waals surface area (Å²) in [5.41, 5.74) is 2.92. The van der Waals surface area contributed by atoms with Crippen molar-refractivity contribution in [2.45, 2.75) is 13.0 Å². The third kappa shape index (κ3) is 4.24. The molecule has 4 rings (SSSR count). The summed E-state index contributed by atoms with van der Waals surface area (Å²) in [6.07, 6.45) is 3.76. The van der Waals surface area contributed by atoms with E-state index in [1.807, 2.05) is 25.2 Å². The molecule has 0 unspecified atom stereocenters. The van der Waals surface area contributed by atoms with Gasteiger partial charge in [-0.3, -0.25) is 0 Å². The Morgan fingerprint density at radius 1 is 1.20 bits per heavy atom. The van der Waals surface area contributed by atoms with Crippen LogP contribution in [0, 0.1) is 0 Å².